The summed E-state index contributed by atoms with van der Waals surface area (Å²) in [5, 5.41) is 8.95. The third-order valence-electron chi connectivity index (χ3n) is 3.71. The van der Waals surface area contributed by atoms with E-state index in [0.717, 1.165) is 12.3 Å². The minimum absolute atomic E-state index is 0.0276. The molecular weight excluding hydrogens is 298 g/mol. The van der Waals surface area contributed by atoms with Gasteiger partial charge in [-0.3, -0.25) is 4.79 Å². The molecule has 0 amide bonds. The summed E-state index contributed by atoms with van der Waals surface area (Å²) < 4.78 is 33.6. The monoisotopic (exact) mass is 310 g/mol. The average molecular weight is 310 g/mol. The van der Waals surface area contributed by atoms with E-state index < -0.39 is 35.0 Å². The number of pyridine rings is 1. The van der Waals surface area contributed by atoms with Gasteiger partial charge in [0.25, 0.3) is 0 Å². The van der Waals surface area contributed by atoms with Gasteiger partial charge in [0, 0.05) is 24.4 Å². The lowest BCUT2D eigenvalue weighted by atomic mass is 10.1. The number of rotatable bonds is 3. The Morgan fingerprint density at radius 2 is 2.18 bits per heavy atom. The van der Waals surface area contributed by atoms with Crippen molar-refractivity contribution >= 4 is 22.6 Å². The molecule has 1 heterocycles. The molecule has 1 aromatic carbocycles. The lowest BCUT2D eigenvalue weighted by Crippen LogP contribution is -2.20. The molecule has 2 unspecified atom stereocenters. The van der Waals surface area contributed by atoms with Crippen molar-refractivity contribution in [3.63, 3.8) is 0 Å². The third kappa shape index (κ3) is 1.91. The van der Waals surface area contributed by atoms with E-state index in [9.17, 15) is 18.4 Å². The molecule has 8 heteroatoms. The molecule has 1 fully saturated rings. The maximum absolute atomic E-state index is 14.0. The van der Waals surface area contributed by atoms with E-state index in [-0.39, 0.29) is 28.8 Å². The lowest BCUT2D eigenvalue weighted by molar-refractivity contribution is 0.0694. The topological polar surface area (TPSA) is 94.6 Å². The number of carboxylic acids is 1. The average Bonchev–Trinajstić information content (AvgIpc) is 3.15. The zero-order valence-corrected chi connectivity index (χ0v) is 11.5. The molecule has 0 saturated heterocycles. The molecule has 1 saturated carbocycles. The predicted molar refractivity (Wildman–Crippen MR) is 74.6 cm³/mol. The van der Waals surface area contributed by atoms with E-state index in [1.807, 2.05) is 0 Å². The summed E-state index contributed by atoms with van der Waals surface area (Å²) in [6.07, 6.45) is -0.0311. The highest BCUT2D eigenvalue weighted by molar-refractivity contribution is 5.99. The minimum atomic E-state index is -1.46. The van der Waals surface area contributed by atoms with Crippen LogP contribution in [0.2, 0.25) is 0 Å². The quantitative estimate of drug-likeness (QED) is 0.842. The second kappa shape index (κ2) is 4.69. The molecule has 3 rings (SSSR count). The fourth-order valence-electron chi connectivity index (χ4n) is 2.57. The predicted octanol–water partition coefficient (Wildman–Crippen LogP) is 1.71. The summed E-state index contributed by atoms with van der Waals surface area (Å²) in [7, 11) is 1.20. The molecule has 6 nitrogen and oxygen atoms in total. The number of alkyl halides is 1. The molecule has 22 heavy (non-hydrogen) atoms. The minimum Gasteiger partial charge on any atom is -0.492 e. The molecule has 1 aromatic heterocycles. The summed E-state index contributed by atoms with van der Waals surface area (Å²) >= 11 is 0. The molecule has 0 aliphatic heterocycles. The Morgan fingerprint density at radius 3 is 2.68 bits per heavy atom. The van der Waals surface area contributed by atoms with Gasteiger partial charge in [0.05, 0.1) is 18.5 Å². The largest absolute Gasteiger partial charge is 0.492 e. The van der Waals surface area contributed by atoms with Gasteiger partial charge in [-0.15, -0.1) is 0 Å². The van der Waals surface area contributed by atoms with Crippen molar-refractivity contribution in [3.8, 4) is 5.75 Å². The summed E-state index contributed by atoms with van der Waals surface area (Å²) in [6, 6.07) is 0.217. The molecule has 2 aromatic rings. The van der Waals surface area contributed by atoms with Crippen molar-refractivity contribution < 1.29 is 23.4 Å². The van der Waals surface area contributed by atoms with E-state index in [0.29, 0.717) is 0 Å². The van der Waals surface area contributed by atoms with Crippen molar-refractivity contribution in [3.05, 3.63) is 33.9 Å². The Labute approximate surface area is 122 Å². The molecule has 1 aliphatic carbocycles. The van der Waals surface area contributed by atoms with E-state index in [1.165, 1.54) is 11.7 Å². The van der Waals surface area contributed by atoms with Crippen molar-refractivity contribution in [1.29, 1.82) is 0 Å². The summed E-state index contributed by atoms with van der Waals surface area (Å²) in [5.74, 6) is -2.53. The number of carbonyl (C=O) groups is 1. The van der Waals surface area contributed by atoms with Gasteiger partial charge in [0.2, 0.25) is 5.43 Å². The van der Waals surface area contributed by atoms with Crippen LogP contribution in [0, 0.1) is 5.82 Å². The number of hydrogen-bond donors (Lipinski definition) is 2. The number of ether oxygens (including phenoxy) is 1. The van der Waals surface area contributed by atoms with Gasteiger partial charge >= 0.3 is 5.97 Å². The Morgan fingerprint density at radius 1 is 1.55 bits per heavy atom. The summed E-state index contributed by atoms with van der Waals surface area (Å²) in [4.78, 5) is 23.5. The zero-order chi connectivity index (χ0) is 16.2. The first-order valence-electron chi connectivity index (χ1n) is 6.45. The van der Waals surface area contributed by atoms with Gasteiger partial charge in [-0.1, -0.05) is 0 Å². The number of halogens is 2. The Bertz CT molecular complexity index is 862. The number of benzene rings is 1. The Hall–Kier alpha value is -2.64. The van der Waals surface area contributed by atoms with Crippen LogP contribution in [-0.4, -0.2) is 28.9 Å². The number of anilines is 1. The van der Waals surface area contributed by atoms with Crippen LogP contribution in [0.3, 0.4) is 0 Å². The number of hydrogen-bond acceptors (Lipinski definition) is 4. The first-order chi connectivity index (χ1) is 10.4. The molecule has 0 spiro atoms. The second-order valence-corrected chi connectivity index (χ2v) is 5.11. The number of nitrogen functional groups attached to an aromatic ring is 1. The number of fused-ring (bicyclic) bond motifs is 1. The van der Waals surface area contributed by atoms with Crippen LogP contribution < -0.4 is 15.9 Å². The van der Waals surface area contributed by atoms with Gasteiger partial charge in [0.1, 0.15) is 17.3 Å². The molecule has 0 radical (unpaired) electrons. The number of nitrogens with zero attached hydrogens (tertiary/aromatic N) is 1. The third-order valence-corrected chi connectivity index (χ3v) is 3.71. The molecule has 116 valence electrons. The number of carboxylic acid groups (broad SMARTS) is 1. The number of nitrogens with two attached hydrogens (primary N) is 1. The van der Waals surface area contributed by atoms with E-state index in [2.05, 4.69) is 0 Å². The highest BCUT2D eigenvalue weighted by Gasteiger charge is 2.41. The highest BCUT2D eigenvalue weighted by Crippen LogP contribution is 2.43. The lowest BCUT2D eigenvalue weighted by Gasteiger charge is -2.16. The van der Waals surface area contributed by atoms with Crippen LogP contribution in [0.5, 0.6) is 5.75 Å². The molecule has 1 aliphatic rings. The van der Waals surface area contributed by atoms with Crippen LogP contribution in [0.15, 0.2) is 17.1 Å². The van der Waals surface area contributed by atoms with Gasteiger partial charge in [-0.25, -0.2) is 13.6 Å². The molecule has 3 N–H and O–H groups in total. The Balaban J connectivity index is 2.52. The van der Waals surface area contributed by atoms with Crippen molar-refractivity contribution in [2.75, 3.05) is 12.8 Å². The normalized spacial score (nSPS) is 20.1. The van der Waals surface area contributed by atoms with E-state index in [4.69, 9.17) is 15.6 Å². The highest BCUT2D eigenvalue weighted by atomic mass is 19.1. The fraction of sp³-hybridized carbons (Fsp3) is 0.286. The first-order valence-corrected chi connectivity index (χ1v) is 6.45. The van der Waals surface area contributed by atoms with Gasteiger partial charge in [0.15, 0.2) is 11.6 Å². The Kier molecular flexibility index (Phi) is 3.05. The fourth-order valence-corrected chi connectivity index (χ4v) is 2.57. The number of methoxy groups -OCH3 is 1. The maximum Gasteiger partial charge on any atom is 0.341 e. The summed E-state index contributed by atoms with van der Waals surface area (Å²) in [5.41, 5.74) is 4.03. The van der Waals surface area contributed by atoms with Crippen LogP contribution in [-0.2, 0) is 0 Å². The molecule has 2 atom stereocenters. The van der Waals surface area contributed by atoms with E-state index in [1.54, 1.807) is 0 Å². The van der Waals surface area contributed by atoms with Crippen molar-refractivity contribution in [2.45, 2.75) is 18.6 Å². The number of aromatic carboxylic acids is 1. The smallest absolute Gasteiger partial charge is 0.341 e. The standard InChI is InChI=1S/C14H12F2N2O4/c1-22-13-7(16)2-8(17)10-11(13)18(9-3-6(9)15)4-5(12(10)19)14(20)21/h2,4,6,9H,3,17H2,1H3,(H,20,21). The maximum atomic E-state index is 14.0. The van der Waals surface area contributed by atoms with Crippen LogP contribution in [0.4, 0.5) is 14.5 Å². The SMILES string of the molecule is COc1c(F)cc(N)c2c(=O)c(C(=O)O)cn(C3CC3F)c12. The summed E-state index contributed by atoms with van der Waals surface area (Å²) in [6.45, 7) is 0. The van der Waals surface area contributed by atoms with Gasteiger partial charge < -0.3 is 20.1 Å². The van der Waals surface area contributed by atoms with Gasteiger partial charge in [-0.2, -0.15) is 0 Å². The van der Waals surface area contributed by atoms with E-state index >= 15 is 0 Å². The molecular formula is C14H12F2N2O4. The zero-order valence-electron chi connectivity index (χ0n) is 11.5. The molecule has 0 bridgehead atoms. The first kappa shape index (κ1) is 14.3. The van der Waals surface area contributed by atoms with Crippen molar-refractivity contribution in [2.24, 2.45) is 0 Å². The van der Waals surface area contributed by atoms with Crippen molar-refractivity contribution in [1.82, 2.24) is 4.57 Å². The number of aromatic nitrogens is 1. The van der Waals surface area contributed by atoms with Gasteiger partial charge in [-0.05, 0) is 0 Å². The van der Waals surface area contributed by atoms with Crippen LogP contribution >= 0.6 is 0 Å². The van der Waals surface area contributed by atoms with Crippen LogP contribution in [0.25, 0.3) is 10.9 Å². The second-order valence-electron chi connectivity index (χ2n) is 5.11. The van der Waals surface area contributed by atoms with Crippen LogP contribution in [0.1, 0.15) is 22.8 Å².